The van der Waals surface area contributed by atoms with Gasteiger partial charge in [0, 0.05) is 17.6 Å². The maximum absolute atomic E-state index is 13.1. The Kier molecular flexibility index (Phi) is 5.72. The molecule has 3 rings (SSSR count). The molecule has 0 aliphatic rings. The molecule has 2 heterocycles. The standard InChI is InChI=1S/C21H20FN3O4/c1-11(2)24-20(27)17-15-9-13(8-12-4-6-14(22)7-5-12)10-23-16(15)19(26)18(25-17)21(28)29-3/h4-7,9-11,26H,8H2,1-3H3,(H,24,27). The van der Waals surface area contributed by atoms with Gasteiger partial charge in [-0.3, -0.25) is 9.78 Å². The molecule has 0 saturated heterocycles. The lowest BCUT2D eigenvalue weighted by molar-refractivity contribution is 0.0590. The van der Waals surface area contributed by atoms with Crippen LogP contribution in [0.3, 0.4) is 0 Å². The molecule has 0 aliphatic carbocycles. The van der Waals surface area contributed by atoms with E-state index >= 15 is 0 Å². The van der Waals surface area contributed by atoms with Crippen molar-refractivity contribution in [3.8, 4) is 5.75 Å². The number of carbonyl (C=O) groups excluding carboxylic acids is 2. The average Bonchev–Trinajstić information content (AvgIpc) is 2.69. The van der Waals surface area contributed by atoms with Crippen LogP contribution in [0, 0.1) is 5.82 Å². The third-order valence-electron chi connectivity index (χ3n) is 4.21. The first kappa shape index (κ1) is 20.2. The molecule has 0 spiro atoms. The number of esters is 1. The summed E-state index contributed by atoms with van der Waals surface area (Å²) in [7, 11) is 1.15. The van der Waals surface area contributed by atoms with Gasteiger partial charge in [0.25, 0.3) is 5.91 Å². The van der Waals surface area contributed by atoms with E-state index in [1.165, 1.54) is 18.3 Å². The summed E-state index contributed by atoms with van der Waals surface area (Å²) < 4.78 is 17.8. The zero-order valence-electron chi connectivity index (χ0n) is 16.2. The van der Waals surface area contributed by atoms with Crippen LogP contribution in [0.15, 0.2) is 36.5 Å². The number of nitrogens with zero attached hydrogens (tertiary/aromatic N) is 2. The molecule has 3 aromatic rings. The Morgan fingerprint density at radius 3 is 2.48 bits per heavy atom. The molecular formula is C21H20FN3O4. The van der Waals surface area contributed by atoms with E-state index in [2.05, 4.69) is 20.0 Å². The molecule has 0 saturated carbocycles. The van der Waals surface area contributed by atoms with Crippen LogP contribution in [0.1, 0.15) is 46.0 Å². The lowest BCUT2D eigenvalue weighted by Gasteiger charge is -2.13. The summed E-state index contributed by atoms with van der Waals surface area (Å²) in [6, 6.07) is 7.55. The van der Waals surface area contributed by atoms with Crippen molar-refractivity contribution in [2.75, 3.05) is 7.11 Å². The molecule has 150 valence electrons. The van der Waals surface area contributed by atoms with Crippen LogP contribution in [0.4, 0.5) is 4.39 Å². The first-order valence-corrected chi connectivity index (χ1v) is 8.95. The highest BCUT2D eigenvalue weighted by molar-refractivity contribution is 6.09. The summed E-state index contributed by atoms with van der Waals surface area (Å²) in [6.45, 7) is 3.58. The summed E-state index contributed by atoms with van der Waals surface area (Å²) in [5, 5.41) is 13.5. The topological polar surface area (TPSA) is 101 Å². The zero-order valence-corrected chi connectivity index (χ0v) is 16.2. The van der Waals surface area contributed by atoms with Crippen LogP contribution in [-0.2, 0) is 11.2 Å². The van der Waals surface area contributed by atoms with E-state index in [9.17, 15) is 19.1 Å². The molecule has 0 fully saturated rings. The van der Waals surface area contributed by atoms with Crippen LogP contribution in [0.25, 0.3) is 10.9 Å². The van der Waals surface area contributed by atoms with Gasteiger partial charge in [0.2, 0.25) is 0 Å². The Bertz CT molecular complexity index is 1080. The fourth-order valence-electron chi connectivity index (χ4n) is 2.89. The van der Waals surface area contributed by atoms with Crippen molar-refractivity contribution in [2.24, 2.45) is 0 Å². The maximum Gasteiger partial charge on any atom is 0.360 e. The van der Waals surface area contributed by atoms with E-state index in [1.807, 2.05) is 0 Å². The summed E-state index contributed by atoms with van der Waals surface area (Å²) in [5.74, 6) is -2.17. The number of methoxy groups -OCH3 is 1. The number of halogens is 1. The molecular weight excluding hydrogens is 377 g/mol. The number of hydrogen-bond donors (Lipinski definition) is 2. The minimum atomic E-state index is -0.875. The third kappa shape index (κ3) is 4.31. The fourth-order valence-corrected chi connectivity index (χ4v) is 2.89. The minimum absolute atomic E-state index is 0.0413. The quantitative estimate of drug-likeness (QED) is 0.642. The summed E-state index contributed by atoms with van der Waals surface area (Å²) in [6.07, 6.45) is 1.96. The van der Waals surface area contributed by atoms with Crippen LogP contribution in [0.5, 0.6) is 5.75 Å². The molecule has 2 N–H and O–H groups in total. The van der Waals surface area contributed by atoms with Crippen LogP contribution >= 0.6 is 0 Å². The zero-order chi connectivity index (χ0) is 21.1. The van der Waals surface area contributed by atoms with Gasteiger partial charge < -0.3 is 15.2 Å². The van der Waals surface area contributed by atoms with Crippen molar-refractivity contribution in [3.05, 3.63) is 64.9 Å². The number of hydrogen-bond acceptors (Lipinski definition) is 6. The van der Waals surface area contributed by atoms with Crippen LogP contribution in [0.2, 0.25) is 0 Å². The highest BCUT2D eigenvalue weighted by atomic mass is 19.1. The van der Waals surface area contributed by atoms with Crippen molar-refractivity contribution in [1.29, 1.82) is 0 Å². The Morgan fingerprint density at radius 1 is 1.17 bits per heavy atom. The smallest absolute Gasteiger partial charge is 0.360 e. The van der Waals surface area contributed by atoms with Crippen LogP contribution < -0.4 is 5.32 Å². The van der Waals surface area contributed by atoms with Gasteiger partial charge >= 0.3 is 5.97 Å². The van der Waals surface area contributed by atoms with E-state index in [-0.39, 0.29) is 28.8 Å². The minimum Gasteiger partial charge on any atom is -0.504 e. The number of aromatic nitrogens is 2. The predicted molar refractivity (Wildman–Crippen MR) is 104 cm³/mol. The molecule has 0 radical (unpaired) electrons. The lowest BCUT2D eigenvalue weighted by Crippen LogP contribution is -2.31. The molecule has 29 heavy (non-hydrogen) atoms. The number of pyridine rings is 2. The summed E-state index contributed by atoms with van der Waals surface area (Å²) in [5.41, 5.74) is 1.23. The number of benzene rings is 1. The van der Waals surface area contributed by atoms with E-state index in [0.717, 1.165) is 18.2 Å². The number of nitrogens with one attached hydrogen (secondary N) is 1. The van der Waals surface area contributed by atoms with Gasteiger partial charge in [-0.25, -0.2) is 14.2 Å². The van der Waals surface area contributed by atoms with Gasteiger partial charge in [-0.05, 0) is 49.6 Å². The Morgan fingerprint density at radius 2 is 1.86 bits per heavy atom. The number of aromatic hydroxyl groups is 1. The molecule has 2 aromatic heterocycles. The number of carbonyl (C=O) groups is 2. The maximum atomic E-state index is 13.1. The molecule has 0 aliphatic heterocycles. The number of ether oxygens (including phenoxy) is 1. The molecule has 8 heteroatoms. The van der Waals surface area contributed by atoms with E-state index in [0.29, 0.717) is 11.8 Å². The molecule has 1 amide bonds. The van der Waals surface area contributed by atoms with E-state index in [4.69, 9.17) is 0 Å². The average molecular weight is 397 g/mol. The summed E-state index contributed by atoms with van der Waals surface area (Å²) in [4.78, 5) is 32.9. The highest BCUT2D eigenvalue weighted by Crippen LogP contribution is 2.29. The van der Waals surface area contributed by atoms with E-state index < -0.39 is 17.6 Å². The highest BCUT2D eigenvalue weighted by Gasteiger charge is 2.24. The molecule has 0 unspecified atom stereocenters. The first-order chi connectivity index (χ1) is 13.8. The Balaban J connectivity index is 2.14. The largest absolute Gasteiger partial charge is 0.504 e. The normalized spacial score (nSPS) is 10.9. The van der Waals surface area contributed by atoms with Gasteiger partial charge in [-0.15, -0.1) is 0 Å². The molecule has 7 nitrogen and oxygen atoms in total. The van der Waals surface area contributed by atoms with Crippen molar-refractivity contribution < 1.29 is 23.8 Å². The Labute approximate surface area is 166 Å². The van der Waals surface area contributed by atoms with Crippen molar-refractivity contribution in [1.82, 2.24) is 15.3 Å². The molecule has 0 bridgehead atoms. The Hall–Kier alpha value is -3.55. The van der Waals surface area contributed by atoms with Gasteiger partial charge in [-0.1, -0.05) is 12.1 Å². The second kappa shape index (κ2) is 8.22. The van der Waals surface area contributed by atoms with Gasteiger partial charge in [0.1, 0.15) is 17.0 Å². The fraction of sp³-hybridized carbons (Fsp3) is 0.238. The van der Waals surface area contributed by atoms with Gasteiger partial charge in [0.05, 0.1) is 7.11 Å². The summed E-state index contributed by atoms with van der Waals surface area (Å²) >= 11 is 0. The van der Waals surface area contributed by atoms with Crippen molar-refractivity contribution in [2.45, 2.75) is 26.3 Å². The SMILES string of the molecule is COC(=O)c1nc(C(=O)NC(C)C)c2cc(Cc3ccc(F)cc3)cnc2c1O. The van der Waals surface area contributed by atoms with Crippen molar-refractivity contribution in [3.63, 3.8) is 0 Å². The number of rotatable bonds is 5. The lowest BCUT2D eigenvalue weighted by atomic mass is 10.0. The van der Waals surface area contributed by atoms with E-state index in [1.54, 1.807) is 32.0 Å². The van der Waals surface area contributed by atoms with Gasteiger partial charge in [0.15, 0.2) is 11.4 Å². The third-order valence-corrected chi connectivity index (χ3v) is 4.21. The first-order valence-electron chi connectivity index (χ1n) is 8.95. The molecule has 0 atom stereocenters. The second-order valence-electron chi connectivity index (χ2n) is 6.82. The number of amides is 1. The molecule has 1 aromatic carbocycles. The monoisotopic (exact) mass is 397 g/mol. The number of fused-ring (bicyclic) bond motifs is 1. The van der Waals surface area contributed by atoms with Gasteiger partial charge in [-0.2, -0.15) is 0 Å². The van der Waals surface area contributed by atoms with Crippen LogP contribution in [-0.4, -0.2) is 40.1 Å². The predicted octanol–water partition coefficient (Wildman–Crippen LogP) is 2.99. The second-order valence-corrected chi connectivity index (χ2v) is 6.82. The van der Waals surface area contributed by atoms with Crippen molar-refractivity contribution >= 4 is 22.8 Å².